The molecule has 1 aliphatic carbocycles. The minimum Gasteiger partial charge on any atom is -0.460 e. The van der Waals surface area contributed by atoms with Gasteiger partial charge in [-0.3, -0.25) is 19.2 Å². The number of nitrogens with zero attached hydrogens (tertiary/aromatic N) is 1. The fourth-order valence-corrected chi connectivity index (χ4v) is 10.1. The maximum absolute atomic E-state index is 14.4. The summed E-state index contributed by atoms with van der Waals surface area (Å²) in [4.78, 5) is 71.8. The molecule has 2 saturated heterocycles. The summed E-state index contributed by atoms with van der Waals surface area (Å²) in [5.41, 5.74) is 1.27. The molecule has 0 aromatic heterocycles. The number of esters is 1. The molecule has 4 aliphatic rings. The number of carbonyl (C=O) groups excluding carboxylic acids is 5. The zero-order chi connectivity index (χ0) is 48.2. The first-order valence-corrected chi connectivity index (χ1v) is 23.9. The summed E-state index contributed by atoms with van der Waals surface area (Å²) in [5, 5.41) is 33.8. The van der Waals surface area contributed by atoms with Gasteiger partial charge in [0, 0.05) is 58.5 Å². The van der Waals surface area contributed by atoms with Crippen LogP contribution in [0.2, 0.25) is 0 Å². The van der Waals surface area contributed by atoms with Crippen LogP contribution in [-0.4, -0.2) is 132 Å². The van der Waals surface area contributed by atoms with Crippen molar-refractivity contribution >= 4 is 29.2 Å². The lowest BCUT2D eigenvalue weighted by Gasteiger charge is -2.42. The lowest BCUT2D eigenvalue weighted by Crippen LogP contribution is -2.61. The Morgan fingerprint density at radius 3 is 2.25 bits per heavy atom. The van der Waals surface area contributed by atoms with Crippen LogP contribution in [0.5, 0.6) is 0 Å². The highest BCUT2D eigenvalue weighted by Gasteiger charge is 2.53. The van der Waals surface area contributed by atoms with Gasteiger partial charge in [0.25, 0.3) is 11.7 Å². The standard InChI is InChI=1S/C51H79NO13/c1-30-16-12-11-13-17-31(2)42(61-8)28-38-21-19-36(7)51(60,65-38)48(57)49(58)52-23-15-14-18-39(52)50(59)64-43(33(4)26-37-20-22-40(53)44(27-37)62-9)29-41(54)32(3)25-35(6)46(56)47(63-10)45(55)34(5)24-30/h11-13,16-17,25,30,32-34,36-40,42-44,46-47,53,56,60H,14-15,18-24,26-29H2,1-10H3/b13-11?,16-12+,31-17?,35-25+/t30-,32-,33-,34-,36-,37+,38+,39+,40-,42+,43?,44-,46+,47+,51-/m1/s1. The van der Waals surface area contributed by atoms with Gasteiger partial charge in [0.15, 0.2) is 5.78 Å². The average molecular weight is 914 g/mol. The Hall–Kier alpha value is -3.37. The van der Waals surface area contributed by atoms with E-state index in [4.69, 9.17) is 23.7 Å². The maximum Gasteiger partial charge on any atom is 0.329 e. The second-order valence-electron chi connectivity index (χ2n) is 19.6. The molecule has 0 radical (unpaired) electrons. The monoisotopic (exact) mass is 914 g/mol. The number of ether oxygens (including phenoxy) is 5. The first-order chi connectivity index (χ1) is 30.7. The van der Waals surface area contributed by atoms with Gasteiger partial charge >= 0.3 is 5.97 Å². The highest BCUT2D eigenvalue weighted by molar-refractivity contribution is 6.39. The third kappa shape index (κ3) is 14.3. The highest BCUT2D eigenvalue weighted by atomic mass is 16.6. The van der Waals surface area contributed by atoms with E-state index in [-0.39, 0.29) is 54.8 Å². The summed E-state index contributed by atoms with van der Waals surface area (Å²) >= 11 is 0. The molecule has 0 aromatic carbocycles. The number of ketones is 3. The largest absolute Gasteiger partial charge is 0.460 e. The van der Waals surface area contributed by atoms with Gasteiger partial charge in [0.05, 0.1) is 24.4 Å². The van der Waals surface area contributed by atoms with Crippen molar-refractivity contribution in [3.63, 3.8) is 0 Å². The molecule has 1 unspecified atom stereocenters. The maximum atomic E-state index is 14.4. The number of aliphatic hydroxyl groups excluding tert-OH is 2. The predicted molar refractivity (Wildman–Crippen MR) is 245 cm³/mol. The summed E-state index contributed by atoms with van der Waals surface area (Å²) in [7, 11) is 4.52. The minimum absolute atomic E-state index is 0.0193. The summed E-state index contributed by atoms with van der Waals surface area (Å²) in [6, 6.07) is -1.14. The third-order valence-electron chi connectivity index (χ3n) is 14.5. The summed E-state index contributed by atoms with van der Waals surface area (Å²) < 4.78 is 29.4. The van der Waals surface area contributed by atoms with Crippen molar-refractivity contribution in [1.29, 1.82) is 0 Å². The first kappa shape index (κ1) is 54.2. The Bertz CT molecular complexity index is 1760. The fourth-order valence-electron chi connectivity index (χ4n) is 10.1. The smallest absolute Gasteiger partial charge is 0.329 e. The van der Waals surface area contributed by atoms with Gasteiger partial charge in [-0.25, -0.2) is 4.79 Å². The van der Waals surface area contributed by atoms with E-state index >= 15 is 0 Å². The van der Waals surface area contributed by atoms with Crippen molar-refractivity contribution in [3.05, 3.63) is 47.6 Å². The quantitative estimate of drug-likeness (QED) is 0.156. The molecule has 14 heteroatoms. The average Bonchev–Trinajstić information content (AvgIpc) is 3.28. The van der Waals surface area contributed by atoms with E-state index in [1.54, 1.807) is 41.1 Å². The van der Waals surface area contributed by atoms with Gasteiger partial charge in [0.2, 0.25) is 5.79 Å². The number of cyclic esters (lactones) is 1. The van der Waals surface area contributed by atoms with Crippen molar-refractivity contribution in [3.8, 4) is 0 Å². The van der Waals surface area contributed by atoms with E-state index in [0.717, 1.165) is 12.0 Å². The zero-order valence-electron chi connectivity index (χ0n) is 40.6. The van der Waals surface area contributed by atoms with Crippen LogP contribution >= 0.6 is 0 Å². The lowest BCUT2D eigenvalue weighted by atomic mass is 9.78. The number of Topliss-reactive ketones (excluding diaryl/α,β-unsaturated/α-hetero) is 3. The number of amides is 1. The lowest BCUT2D eigenvalue weighted by molar-refractivity contribution is -0.265. The van der Waals surface area contributed by atoms with Gasteiger partial charge in [-0.2, -0.15) is 0 Å². The fraction of sp³-hybridized carbons (Fsp3) is 0.745. The number of piperidine rings is 1. The van der Waals surface area contributed by atoms with Crippen molar-refractivity contribution < 1.29 is 63.0 Å². The molecule has 1 saturated carbocycles. The Kier molecular flexibility index (Phi) is 21.0. The number of allylic oxidation sites excluding steroid dienone is 6. The molecule has 15 atom stereocenters. The Morgan fingerprint density at radius 2 is 1.57 bits per heavy atom. The van der Waals surface area contributed by atoms with E-state index in [9.17, 15) is 39.3 Å². The van der Waals surface area contributed by atoms with E-state index < -0.39 is 83.9 Å². The number of aliphatic hydroxyl groups is 3. The molecule has 3 heterocycles. The molecule has 4 rings (SSSR count). The SMILES string of the molecule is CO[C@H]1C[C@@H]2CC[C@@H](C)[C@@](O)(O2)C(=O)C(=O)N2CCCC[C@H]2C(=O)OC([C@H](C)C[C@@H]2CC[C@@H](O)[C@H](OC)C2)CC(=O)[C@H](C)/C=C(\C)[C@H](O)[C@@H](OC)C(=O)[C@H](C)C[C@H](C)/C=C/C=CC=C1C. The molecule has 14 nitrogen and oxygen atoms in total. The molecular weight excluding hydrogens is 835 g/mol. The minimum atomic E-state index is -2.43. The molecule has 3 fully saturated rings. The Morgan fingerprint density at radius 1 is 0.846 bits per heavy atom. The number of hydrogen-bond acceptors (Lipinski definition) is 13. The zero-order valence-corrected chi connectivity index (χ0v) is 40.6. The molecule has 1 amide bonds. The van der Waals surface area contributed by atoms with E-state index in [0.29, 0.717) is 63.4 Å². The van der Waals surface area contributed by atoms with E-state index in [1.807, 2.05) is 58.1 Å². The number of hydrogen-bond donors (Lipinski definition) is 3. The third-order valence-corrected chi connectivity index (χ3v) is 14.5. The van der Waals surface area contributed by atoms with Crippen LogP contribution in [0, 0.1) is 35.5 Å². The second-order valence-corrected chi connectivity index (χ2v) is 19.6. The molecule has 2 bridgehead atoms. The van der Waals surface area contributed by atoms with Crippen molar-refractivity contribution in [1.82, 2.24) is 4.90 Å². The van der Waals surface area contributed by atoms with Crippen LogP contribution in [-0.2, 0) is 47.7 Å². The van der Waals surface area contributed by atoms with Crippen LogP contribution in [0.1, 0.15) is 126 Å². The van der Waals surface area contributed by atoms with Crippen LogP contribution in [0.15, 0.2) is 47.6 Å². The molecule has 0 spiro atoms. The van der Waals surface area contributed by atoms with Crippen molar-refractivity contribution in [2.24, 2.45) is 35.5 Å². The Labute approximate surface area is 387 Å². The van der Waals surface area contributed by atoms with Crippen LogP contribution < -0.4 is 0 Å². The van der Waals surface area contributed by atoms with Crippen LogP contribution in [0.4, 0.5) is 0 Å². The van der Waals surface area contributed by atoms with Gasteiger partial charge in [-0.15, -0.1) is 0 Å². The van der Waals surface area contributed by atoms with Gasteiger partial charge in [-0.1, -0.05) is 71.1 Å². The van der Waals surface area contributed by atoms with Crippen molar-refractivity contribution in [2.75, 3.05) is 27.9 Å². The number of fused-ring (bicyclic) bond motifs is 3. The molecule has 3 aliphatic heterocycles. The first-order valence-electron chi connectivity index (χ1n) is 23.9. The molecule has 366 valence electrons. The molecule has 65 heavy (non-hydrogen) atoms. The number of carbonyl (C=O) groups is 5. The Balaban J connectivity index is 1.70. The van der Waals surface area contributed by atoms with E-state index in [1.165, 1.54) is 12.0 Å². The van der Waals surface area contributed by atoms with Gasteiger partial charge in [0.1, 0.15) is 30.1 Å². The summed E-state index contributed by atoms with van der Waals surface area (Å²) in [6.07, 6.45) is 11.2. The second kappa shape index (κ2) is 25.1. The van der Waals surface area contributed by atoms with Gasteiger partial charge < -0.3 is 43.9 Å². The normalized spacial score (nSPS) is 39.1. The van der Waals surface area contributed by atoms with Crippen LogP contribution in [0.25, 0.3) is 0 Å². The molecule has 3 N–H and O–H groups in total. The highest BCUT2D eigenvalue weighted by Crippen LogP contribution is 2.38. The summed E-state index contributed by atoms with van der Waals surface area (Å²) in [5.74, 6) is -7.96. The molecular formula is C51H79NO13. The van der Waals surface area contributed by atoms with Crippen molar-refractivity contribution in [2.45, 2.75) is 180 Å². The number of methoxy groups -OCH3 is 3. The molecule has 0 aromatic rings. The predicted octanol–water partition coefficient (Wildman–Crippen LogP) is 6.18. The van der Waals surface area contributed by atoms with Crippen LogP contribution in [0.3, 0.4) is 0 Å². The number of rotatable bonds is 6. The van der Waals surface area contributed by atoms with Gasteiger partial charge in [-0.05, 0) is 107 Å². The van der Waals surface area contributed by atoms with E-state index in [2.05, 4.69) is 0 Å². The summed E-state index contributed by atoms with van der Waals surface area (Å²) in [6.45, 7) is 12.7. The topological polar surface area (TPSA) is 195 Å².